The smallest absolute Gasteiger partial charge is 0.190 e. The van der Waals surface area contributed by atoms with Crippen LogP contribution >= 0.6 is 15.9 Å². The second kappa shape index (κ2) is 8.91. The first kappa shape index (κ1) is 16.0. The first-order chi connectivity index (χ1) is 9.17. The predicted octanol–water partition coefficient (Wildman–Crippen LogP) is 3.10. The molecule has 3 nitrogen and oxygen atoms in total. The van der Waals surface area contributed by atoms with Gasteiger partial charge in [-0.2, -0.15) is 0 Å². The molecule has 0 aromatic heterocycles. The zero-order valence-electron chi connectivity index (χ0n) is 11.5. The topological polar surface area (TPSA) is 36.4 Å². The van der Waals surface area contributed by atoms with Gasteiger partial charge in [0.15, 0.2) is 5.96 Å². The van der Waals surface area contributed by atoms with Gasteiger partial charge < -0.3 is 10.6 Å². The fourth-order valence-electron chi connectivity index (χ4n) is 1.67. The largest absolute Gasteiger partial charge is 0.356 e. The molecular weight excluding hydrogens is 309 g/mol. The molecule has 1 rings (SSSR count). The van der Waals surface area contributed by atoms with Crippen LogP contribution in [0.1, 0.15) is 25.3 Å². The summed E-state index contributed by atoms with van der Waals surface area (Å²) < 4.78 is 14.4. The molecule has 106 valence electrons. The van der Waals surface area contributed by atoms with Crippen LogP contribution in [0.15, 0.2) is 27.7 Å². The van der Waals surface area contributed by atoms with Gasteiger partial charge in [-0.15, -0.1) is 0 Å². The zero-order chi connectivity index (χ0) is 14.1. The molecule has 0 heterocycles. The Hall–Kier alpha value is -1.10. The standard InChI is InChI=1S/C14H21BrFN3/c1-3-8-18-14(17-2)19-9-4-5-11-6-7-12(15)10-13(11)16/h6-7,10H,3-5,8-9H2,1-2H3,(H2,17,18,19). The molecule has 0 unspecified atom stereocenters. The van der Waals surface area contributed by atoms with Crippen LogP contribution in [0.3, 0.4) is 0 Å². The van der Waals surface area contributed by atoms with Crippen LogP contribution in [0.4, 0.5) is 4.39 Å². The Labute approximate surface area is 122 Å². The number of hydrogen-bond donors (Lipinski definition) is 2. The molecule has 5 heteroatoms. The second-order valence-corrected chi connectivity index (χ2v) is 5.18. The first-order valence-corrected chi connectivity index (χ1v) is 7.35. The van der Waals surface area contributed by atoms with Crippen molar-refractivity contribution in [3.8, 4) is 0 Å². The summed E-state index contributed by atoms with van der Waals surface area (Å²) in [4.78, 5) is 4.11. The molecule has 0 saturated heterocycles. The maximum Gasteiger partial charge on any atom is 0.190 e. The summed E-state index contributed by atoms with van der Waals surface area (Å²) in [6, 6.07) is 5.20. The predicted molar refractivity (Wildman–Crippen MR) is 82.1 cm³/mol. The lowest BCUT2D eigenvalue weighted by molar-refractivity contribution is 0.601. The maximum atomic E-state index is 13.6. The monoisotopic (exact) mass is 329 g/mol. The van der Waals surface area contributed by atoms with Crippen molar-refractivity contribution in [1.82, 2.24) is 10.6 Å². The molecular formula is C14H21BrFN3. The molecule has 1 aromatic rings. The van der Waals surface area contributed by atoms with Crippen LogP contribution in [0, 0.1) is 5.82 Å². The molecule has 0 fully saturated rings. The van der Waals surface area contributed by atoms with E-state index in [1.807, 2.05) is 12.1 Å². The molecule has 0 bridgehead atoms. The summed E-state index contributed by atoms with van der Waals surface area (Å²) in [5, 5.41) is 6.41. The van der Waals surface area contributed by atoms with Crippen LogP contribution < -0.4 is 10.6 Å². The van der Waals surface area contributed by atoms with E-state index in [0.29, 0.717) is 0 Å². The highest BCUT2D eigenvalue weighted by Crippen LogP contribution is 2.16. The number of halogens is 2. The lowest BCUT2D eigenvalue weighted by atomic mass is 10.1. The molecule has 19 heavy (non-hydrogen) atoms. The van der Waals surface area contributed by atoms with Gasteiger partial charge in [-0.1, -0.05) is 28.9 Å². The van der Waals surface area contributed by atoms with Crippen molar-refractivity contribution < 1.29 is 4.39 Å². The average Bonchev–Trinajstić information content (AvgIpc) is 2.40. The Balaban J connectivity index is 2.30. The number of nitrogens with zero attached hydrogens (tertiary/aromatic N) is 1. The van der Waals surface area contributed by atoms with Crippen molar-refractivity contribution in [3.05, 3.63) is 34.1 Å². The van der Waals surface area contributed by atoms with Crippen LogP contribution in [-0.2, 0) is 6.42 Å². The Bertz CT molecular complexity index is 421. The summed E-state index contributed by atoms with van der Waals surface area (Å²) >= 11 is 3.25. The molecule has 0 aliphatic carbocycles. The minimum Gasteiger partial charge on any atom is -0.356 e. The number of benzene rings is 1. The Kier molecular flexibility index (Phi) is 7.48. The van der Waals surface area contributed by atoms with Crippen LogP contribution in [-0.4, -0.2) is 26.1 Å². The van der Waals surface area contributed by atoms with Gasteiger partial charge >= 0.3 is 0 Å². The van der Waals surface area contributed by atoms with E-state index in [0.717, 1.165) is 48.3 Å². The SMILES string of the molecule is CCCNC(=NC)NCCCc1ccc(Br)cc1F. The summed E-state index contributed by atoms with van der Waals surface area (Å²) in [7, 11) is 1.75. The molecule has 0 saturated carbocycles. The molecule has 0 aliphatic heterocycles. The molecule has 0 spiro atoms. The third kappa shape index (κ3) is 6.05. The van der Waals surface area contributed by atoms with Crippen LogP contribution in [0.5, 0.6) is 0 Å². The molecule has 1 aromatic carbocycles. The van der Waals surface area contributed by atoms with Crippen LogP contribution in [0.25, 0.3) is 0 Å². The molecule has 0 atom stereocenters. The van der Waals surface area contributed by atoms with E-state index in [1.165, 1.54) is 6.07 Å². The summed E-state index contributed by atoms with van der Waals surface area (Å²) in [5.74, 6) is 0.654. The Morgan fingerprint density at radius 3 is 2.68 bits per heavy atom. The van der Waals surface area contributed by atoms with Crippen molar-refractivity contribution in [2.45, 2.75) is 26.2 Å². The average molecular weight is 330 g/mol. The highest BCUT2D eigenvalue weighted by Gasteiger charge is 2.02. The number of aliphatic imine (C=N–C) groups is 1. The third-order valence-electron chi connectivity index (χ3n) is 2.70. The fraction of sp³-hybridized carbons (Fsp3) is 0.500. The fourth-order valence-corrected chi connectivity index (χ4v) is 2.01. The Morgan fingerprint density at radius 1 is 1.32 bits per heavy atom. The molecule has 0 amide bonds. The maximum absolute atomic E-state index is 13.6. The number of hydrogen-bond acceptors (Lipinski definition) is 1. The van der Waals surface area contributed by atoms with E-state index in [1.54, 1.807) is 7.05 Å². The minimum atomic E-state index is -0.150. The van der Waals surface area contributed by atoms with E-state index >= 15 is 0 Å². The van der Waals surface area contributed by atoms with Gasteiger partial charge in [-0.3, -0.25) is 4.99 Å². The lowest BCUT2D eigenvalue weighted by Crippen LogP contribution is -2.38. The van der Waals surface area contributed by atoms with Gasteiger partial charge in [0.1, 0.15) is 5.82 Å². The van der Waals surface area contributed by atoms with Crippen molar-refractivity contribution in [2.75, 3.05) is 20.1 Å². The summed E-state index contributed by atoms with van der Waals surface area (Å²) in [6.07, 6.45) is 2.65. The lowest BCUT2D eigenvalue weighted by Gasteiger charge is -2.11. The van der Waals surface area contributed by atoms with E-state index in [9.17, 15) is 4.39 Å². The summed E-state index contributed by atoms with van der Waals surface area (Å²) in [6.45, 7) is 3.79. The van der Waals surface area contributed by atoms with Crippen LogP contribution in [0.2, 0.25) is 0 Å². The van der Waals surface area contributed by atoms with Gasteiger partial charge in [0, 0.05) is 24.6 Å². The number of nitrogens with one attached hydrogen (secondary N) is 2. The molecule has 0 aliphatic rings. The molecule has 2 N–H and O–H groups in total. The van der Waals surface area contributed by atoms with Crippen molar-refractivity contribution in [3.63, 3.8) is 0 Å². The molecule has 0 radical (unpaired) electrons. The van der Waals surface area contributed by atoms with Gasteiger partial charge in [-0.05, 0) is 37.0 Å². The van der Waals surface area contributed by atoms with E-state index in [2.05, 4.69) is 38.5 Å². The Morgan fingerprint density at radius 2 is 2.05 bits per heavy atom. The second-order valence-electron chi connectivity index (χ2n) is 4.27. The van der Waals surface area contributed by atoms with Crippen molar-refractivity contribution in [1.29, 1.82) is 0 Å². The third-order valence-corrected chi connectivity index (χ3v) is 3.19. The minimum absolute atomic E-state index is 0.150. The van der Waals surface area contributed by atoms with Gasteiger partial charge in [0.2, 0.25) is 0 Å². The van der Waals surface area contributed by atoms with Crippen molar-refractivity contribution in [2.24, 2.45) is 4.99 Å². The quantitative estimate of drug-likeness (QED) is 0.478. The van der Waals surface area contributed by atoms with E-state index in [-0.39, 0.29) is 5.82 Å². The van der Waals surface area contributed by atoms with Gasteiger partial charge in [0.05, 0.1) is 0 Å². The van der Waals surface area contributed by atoms with E-state index < -0.39 is 0 Å². The zero-order valence-corrected chi connectivity index (χ0v) is 13.1. The summed E-state index contributed by atoms with van der Waals surface area (Å²) in [5.41, 5.74) is 0.751. The number of aryl methyl sites for hydroxylation is 1. The highest BCUT2D eigenvalue weighted by atomic mass is 79.9. The van der Waals surface area contributed by atoms with Crippen molar-refractivity contribution >= 4 is 21.9 Å². The number of guanidine groups is 1. The highest BCUT2D eigenvalue weighted by molar-refractivity contribution is 9.10. The van der Waals surface area contributed by atoms with Gasteiger partial charge in [-0.25, -0.2) is 4.39 Å². The normalized spacial score (nSPS) is 11.5. The number of rotatable bonds is 6. The first-order valence-electron chi connectivity index (χ1n) is 6.55. The van der Waals surface area contributed by atoms with Gasteiger partial charge in [0.25, 0.3) is 0 Å². The van der Waals surface area contributed by atoms with E-state index in [4.69, 9.17) is 0 Å².